The molecule has 1 amide bonds. The van der Waals surface area contributed by atoms with Crippen molar-refractivity contribution in [2.24, 2.45) is 5.73 Å². The minimum atomic E-state index is -0.697. The molecule has 0 aromatic heterocycles. The lowest BCUT2D eigenvalue weighted by molar-refractivity contribution is -0.122. The highest BCUT2D eigenvalue weighted by molar-refractivity contribution is 5.98. The smallest absolute Gasteiger partial charge is 0.244 e. The van der Waals surface area contributed by atoms with Crippen LogP contribution in [0.2, 0.25) is 0 Å². The van der Waals surface area contributed by atoms with E-state index in [1.807, 2.05) is 38.1 Å². The Labute approximate surface area is 139 Å². The van der Waals surface area contributed by atoms with E-state index in [0.29, 0.717) is 6.61 Å². The highest BCUT2D eigenvalue weighted by Crippen LogP contribution is 2.27. The third-order valence-corrected chi connectivity index (χ3v) is 3.99. The van der Waals surface area contributed by atoms with E-state index in [1.54, 1.807) is 0 Å². The second-order valence-corrected chi connectivity index (χ2v) is 6.23. The second kappa shape index (κ2) is 8.51. The van der Waals surface area contributed by atoms with Crippen molar-refractivity contribution in [3.8, 4) is 0 Å². The molecule has 0 aliphatic heterocycles. The lowest BCUT2D eigenvalue weighted by Crippen LogP contribution is -2.52. The van der Waals surface area contributed by atoms with Crippen LogP contribution in [0.5, 0.6) is 0 Å². The molecule has 4 nitrogen and oxygen atoms in total. The van der Waals surface area contributed by atoms with Gasteiger partial charge in [0.05, 0.1) is 18.2 Å². The van der Waals surface area contributed by atoms with E-state index >= 15 is 0 Å². The number of benzene rings is 1. The van der Waals surface area contributed by atoms with E-state index in [4.69, 9.17) is 10.5 Å². The lowest BCUT2D eigenvalue weighted by Gasteiger charge is -2.31. The topological polar surface area (TPSA) is 64.3 Å². The van der Waals surface area contributed by atoms with Crippen LogP contribution >= 0.6 is 12.4 Å². The van der Waals surface area contributed by atoms with E-state index in [-0.39, 0.29) is 24.4 Å². The number of carbonyl (C=O) groups is 1. The molecule has 0 atom stereocenters. The number of rotatable bonds is 5. The summed E-state index contributed by atoms with van der Waals surface area (Å²) in [4.78, 5) is 12.3. The number of carbonyl (C=O) groups excluding carboxylic acids is 1. The van der Waals surface area contributed by atoms with E-state index in [0.717, 1.165) is 36.9 Å². The molecule has 1 fully saturated rings. The molecule has 1 aromatic carbocycles. The Morgan fingerprint density at radius 3 is 2.36 bits per heavy atom. The van der Waals surface area contributed by atoms with Gasteiger partial charge < -0.3 is 15.8 Å². The number of halogens is 1. The van der Waals surface area contributed by atoms with Crippen LogP contribution in [-0.2, 0) is 16.1 Å². The Bertz CT molecular complexity index is 468. The van der Waals surface area contributed by atoms with Gasteiger partial charge in [-0.25, -0.2) is 0 Å². The van der Waals surface area contributed by atoms with Gasteiger partial charge in [0.15, 0.2) is 0 Å². The maximum atomic E-state index is 12.3. The van der Waals surface area contributed by atoms with Crippen molar-refractivity contribution in [1.82, 2.24) is 0 Å². The first-order chi connectivity index (χ1) is 9.99. The summed E-state index contributed by atoms with van der Waals surface area (Å²) in [6, 6.07) is 7.76. The van der Waals surface area contributed by atoms with E-state index in [1.165, 1.54) is 6.42 Å². The highest BCUT2D eigenvalue weighted by atomic mass is 35.5. The molecule has 2 rings (SSSR count). The molecule has 0 radical (unpaired) electrons. The van der Waals surface area contributed by atoms with Crippen LogP contribution in [0, 0.1) is 0 Å². The minimum Gasteiger partial charge on any atom is -0.374 e. The maximum Gasteiger partial charge on any atom is 0.244 e. The zero-order chi connectivity index (χ0) is 15.3. The summed E-state index contributed by atoms with van der Waals surface area (Å²) in [5.74, 6) is -0.0617. The maximum absolute atomic E-state index is 12.3. The average molecular weight is 327 g/mol. The van der Waals surface area contributed by atoms with Crippen LogP contribution in [-0.4, -0.2) is 17.6 Å². The number of anilines is 1. The molecule has 124 valence electrons. The van der Waals surface area contributed by atoms with Crippen molar-refractivity contribution in [2.45, 2.75) is 64.2 Å². The van der Waals surface area contributed by atoms with Gasteiger partial charge in [0, 0.05) is 5.69 Å². The molecular formula is C17H27ClN2O2. The van der Waals surface area contributed by atoms with Gasteiger partial charge in [-0.05, 0) is 44.4 Å². The Morgan fingerprint density at radius 2 is 1.82 bits per heavy atom. The Balaban J connectivity index is 0.00000242. The minimum absolute atomic E-state index is 0. The Hall–Kier alpha value is -1.10. The molecule has 5 heteroatoms. The highest BCUT2D eigenvalue weighted by Gasteiger charge is 2.35. The van der Waals surface area contributed by atoms with Crippen molar-refractivity contribution in [3.63, 3.8) is 0 Å². The number of nitrogens with one attached hydrogen (secondary N) is 1. The average Bonchev–Trinajstić information content (AvgIpc) is 2.47. The third-order valence-electron chi connectivity index (χ3n) is 3.99. The molecule has 22 heavy (non-hydrogen) atoms. The van der Waals surface area contributed by atoms with Gasteiger partial charge in [-0.15, -0.1) is 12.4 Å². The summed E-state index contributed by atoms with van der Waals surface area (Å²) in [5, 5.41) is 2.94. The van der Waals surface area contributed by atoms with Crippen molar-refractivity contribution < 1.29 is 9.53 Å². The Morgan fingerprint density at radius 1 is 1.23 bits per heavy atom. The summed E-state index contributed by atoms with van der Waals surface area (Å²) in [7, 11) is 0. The van der Waals surface area contributed by atoms with Gasteiger partial charge in [-0.1, -0.05) is 31.4 Å². The second-order valence-electron chi connectivity index (χ2n) is 6.23. The fourth-order valence-electron chi connectivity index (χ4n) is 2.61. The summed E-state index contributed by atoms with van der Waals surface area (Å²) in [6.45, 7) is 4.62. The van der Waals surface area contributed by atoms with Crippen LogP contribution in [0.4, 0.5) is 5.69 Å². The quantitative estimate of drug-likeness (QED) is 0.868. The standard InChI is InChI=1S/C17H26N2O2.ClH/c1-13(2)21-12-14-6-8-15(9-7-14)19-16(20)17(18)10-4-3-5-11-17;/h6-9,13H,3-5,10-12,18H2,1-2H3,(H,19,20);1H. The zero-order valence-electron chi connectivity index (χ0n) is 13.4. The molecule has 3 N–H and O–H groups in total. The SMILES string of the molecule is CC(C)OCc1ccc(NC(=O)C2(N)CCCCC2)cc1.Cl. The summed E-state index contributed by atoms with van der Waals surface area (Å²) >= 11 is 0. The van der Waals surface area contributed by atoms with Gasteiger partial charge in [0.2, 0.25) is 5.91 Å². The largest absolute Gasteiger partial charge is 0.374 e. The molecule has 0 saturated heterocycles. The number of hydrogen-bond acceptors (Lipinski definition) is 3. The van der Waals surface area contributed by atoms with Crippen LogP contribution < -0.4 is 11.1 Å². The first-order valence-corrected chi connectivity index (χ1v) is 7.80. The molecule has 0 spiro atoms. The van der Waals surface area contributed by atoms with Gasteiger partial charge in [0.25, 0.3) is 0 Å². The molecule has 0 bridgehead atoms. The molecule has 1 aliphatic rings. The van der Waals surface area contributed by atoms with Gasteiger partial charge in [-0.3, -0.25) is 4.79 Å². The fraction of sp³-hybridized carbons (Fsp3) is 0.588. The predicted octanol–water partition coefficient (Wildman–Crippen LogP) is 3.63. The van der Waals surface area contributed by atoms with Crippen molar-refractivity contribution in [1.29, 1.82) is 0 Å². The summed E-state index contributed by atoms with van der Waals surface area (Å²) in [6.07, 6.45) is 5.02. The van der Waals surface area contributed by atoms with Crippen LogP contribution in [0.25, 0.3) is 0 Å². The lowest BCUT2D eigenvalue weighted by atomic mass is 9.82. The predicted molar refractivity (Wildman–Crippen MR) is 92.2 cm³/mol. The van der Waals surface area contributed by atoms with E-state index in [2.05, 4.69) is 5.32 Å². The first-order valence-electron chi connectivity index (χ1n) is 7.80. The van der Waals surface area contributed by atoms with E-state index < -0.39 is 5.54 Å². The zero-order valence-corrected chi connectivity index (χ0v) is 14.2. The monoisotopic (exact) mass is 326 g/mol. The molecule has 0 unspecified atom stereocenters. The fourth-order valence-corrected chi connectivity index (χ4v) is 2.61. The number of nitrogens with two attached hydrogens (primary N) is 1. The van der Waals surface area contributed by atoms with Gasteiger partial charge >= 0.3 is 0 Å². The number of hydrogen-bond donors (Lipinski definition) is 2. The van der Waals surface area contributed by atoms with Crippen LogP contribution in [0.15, 0.2) is 24.3 Å². The molecule has 1 saturated carbocycles. The van der Waals surface area contributed by atoms with Crippen molar-refractivity contribution >= 4 is 24.0 Å². The molecule has 1 aliphatic carbocycles. The number of ether oxygens (including phenoxy) is 1. The van der Waals surface area contributed by atoms with Gasteiger partial charge in [0.1, 0.15) is 0 Å². The molecule has 1 aromatic rings. The van der Waals surface area contributed by atoms with Crippen LogP contribution in [0.3, 0.4) is 0 Å². The summed E-state index contributed by atoms with van der Waals surface area (Å²) in [5.41, 5.74) is 7.43. The van der Waals surface area contributed by atoms with Crippen molar-refractivity contribution in [3.05, 3.63) is 29.8 Å². The Kier molecular flexibility index (Phi) is 7.33. The normalized spacial score (nSPS) is 16.9. The third kappa shape index (κ3) is 5.27. The summed E-state index contributed by atoms with van der Waals surface area (Å²) < 4.78 is 5.55. The van der Waals surface area contributed by atoms with Crippen molar-refractivity contribution in [2.75, 3.05) is 5.32 Å². The molecular weight excluding hydrogens is 300 g/mol. The molecule has 0 heterocycles. The van der Waals surface area contributed by atoms with E-state index in [9.17, 15) is 4.79 Å². The van der Waals surface area contributed by atoms with Crippen LogP contribution in [0.1, 0.15) is 51.5 Å². The first kappa shape index (κ1) is 18.9. The number of amides is 1. The van der Waals surface area contributed by atoms with Gasteiger partial charge in [-0.2, -0.15) is 0 Å².